The molecule has 1 aliphatic heterocycles. The molecule has 0 unspecified atom stereocenters. The molecule has 0 fully saturated rings. The number of hydrogen-bond acceptors (Lipinski definition) is 5. The van der Waals surface area contributed by atoms with Gasteiger partial charge in [-0.25, -0.2) is 14.4 Å². The number of nitrogens with zero attached hydrogens (tertiary/aromatic N) is 5. The number of carbonyl (C=O) groups excluding carboxylic acids is 1. The smallest absolute Gasteiger partial charge is 0.254 e. The van der Waals surface area contributed by atoms with Crippen molar-refractivity contribution in [1.82, 2.24) is 19.9 Å². The summed E-state index contributed by atoms with van der Waals surface area (Å²) in [4.78, 5) is 30.5. The molecule has 0 saturated heterocycles. The Morgan fingerprint density at radius 1 is 1.17 bits per heavy atom. The molecule has 1 aromatic carbocycles. The van der Waals surface area contributed by atoms with E-state index in [4.69, 9.17) is 9.97 Å². The molecule has 1 aliphatic rings. The highest BCUT2D eigenvalue weighted by Crippen LogP contribution is 2.29. The number of amides is 1. The third kappa shape index (κ3) is 3.68. The molecular formula is C22H22FN5O. The number of pyridine rings is 1. The van der Waals surface area contributed by atoms with E-state index in [2.05, 4.69) is 4.98 Å². The maximum atomic E-state index is 13.7. The van der Waals surface area contributed by atoms with Crippen molar-refractivity contribution in [3.05, 3.63) is 70.8 Å². The summed E-state index contributed by atoms with van der Waals surface area (Å²) in [6, 6.07) is 9.90. The van der Waals surface area contributed by atoms with E-state index in [0.717, 1.165) is 22.6 Å². The van der Waals surface area contributed by atoms with E-state index < -0.39 is 5.82 Å². The van der Waals surface area contributed by atoms with E-state index in [1.165, 1.54) is 12.1 Å². The number of halogens is 1. The van der Waals surface area contributed by atoms with E-state index in [1.807, 2.05) is 44.1 Å². The molecular weight excluding hydrogens is 369 g/mol. The number of aromatic nitrogens is 3. The molecule has 0 saturated carbocycles. The Bertz CT molecular complexity index is 1070. The van der Waals surface area contributed by atoms with Gasteiger partial charge in [0.15, 0.2) is 5.82 Å². The van der Waals surface area contributed by atoms with Gasteiger partial charge in [0.05, 0.1) is 12.2 Å². The molecule has 148 valence electrons. The summed E-state index contributed by atoms with van der Waals surface area (Å²) >= 11 is 0. The number of fused-ring (bicyclic) bond motifs is 1. The van der Waals surface area contributed by atoms with Crippen LogP contribution in [0.2, 0.25) is 0 Å². The topological polar surface area (TPSA) is 62.2 Å². The standard InChI is InChI=1S/C22H22FN5O/c1-14-7-8-15(23)12-17(14)22(29)28-11-9-16-19(13-28)25-20(26-21(16)27(2)3)18-6-4-5-10-24-18/h4-8,10,12H,9,11,13H2,1-3H3. The normalized spacial score (nSPS) is 13.2. The quantitative estimate of drug-likeness (QED) is 0.686. The zero-order valence-corrected chi connectivity index (χ0v) is 16.7. The highest BCUT2D eigenvalue weighted by molar-refractivity contribution is 5.95. The van der Waals surface area contributed by atoms with Crippen LogP contribution in [-0.4, -0.2) is 46.4 Å². The molecule has 0 bridgehead atoms. The first kappa shape index (κ1) is 19.0. The van der Waals surface area contributed by atoms with E-state index in [1.54, 1.807) is 17.2 Å². The predicted octanol–water partition coefficient (Wildman–Crippen LogP) is 3.25. The van der Waals surface area contributed by atoms with E-state index in [-0.39, 0.29) is 5.91 Å². The van der Waals surface area contributed by atoms with Crippen molar-refractivity contribution in [3.8, 4) is 11.5 Å². The number of anilines is 1. The van der Waals surface area contributed by atoms with Crippen LogP contribution in [0.3, 0.4) is 0 Å². The predicted molar refractivity (Wildman–Crippen MR) is 109 cm³/mol. The molecule has 0 atom stereocenters. The second-order valence-corrected chi connectivity index (χ2v) is 7.34. The lowest BCUT2D eigenvalue weighted by Crippen LogP contribution is -2.37. The van der Waals surface area contributed by atoms with Crippen LogP contribution in [0.4, 0.5) is 10.2 Å². The molecule has 0 aliphatic carbocycles. The Hall–Kier alpha value is -3.35. The Balaban J connectivity index is 1.72. The van der Waals surface area contributed by atoms with Crippen LogP contribution >= 0.6 is 0 Å². The zero-order valence-electron chi connectivity index (χ0n) is 16.7. The molecule has 0 N–H and O–H groups in total. The molecule has 2 aromatic heterocycles. The van der Waals surface area contributed by atoms with Crippen LogP contribution in [-0.2, 0) is 13.0 Å². The molecule has 3 aromatic rings. The summed E-state index contributed by atoms with van der Waals surface area (Å²) in [5, 5.41) is 0. The second-order valence-electron chi connectivity index (χ2n) is 7.34. The largest absolute Gasteiger partial charge is 0.362 e. The van der Waals surface area contributed by atoms with Crippen molar-refractivity contribution in [2.75, 3.05) is 25.5 Å². The van der Waals surface area contributed by atoms with E-state index >= 15 is 0 Å². The lowest BCUT2D eigenvalue weighted by atomic mass is 10.0. The minimum atomic E-state index is -0.411. The van der Waals surface area contributed by atoms with Crippen LogP contribution in [0.5, 0.6) is 0 Å². The zero-order chi connectivity index (χ0) is 20.5. The van der Waals surface area contributed by atoms with Gasteiger partial charge in [-0.05, 0) is 43.2 Å². The van der Waals surface area contributed by atoms with Crippen LogP contribution in [0.25, 0.3) is 11.5 Å². The van der Waals surface area contributed by atoms with Gasteiger partial charge in [0, 0.05) is 38.0 Å². The summed E-state index contributed by atoms with van der Waals surface area (Å²) in [5.41, 5.74) is 3.67. The first-order chi connectivity index (χ1) is 13.9. The molecule has 6 nitrogen and oxygen atoms in total. The first-order valence-corrected chi connectivity index (χ1v) is 9.48. The first-order valence-electron chi connectivity index (χ1n) is 9.48. The van der Waals surface area contributed by atoms with Crippen molar-refractivity contribution in [2.45, 2.75) is 19.9 Å². The number of aryl methyl sites for hydroxylation is 1. The van der Waals surface area contributed by atoms with E-state index in [0.29, 0.717) is 36.6 Å². The Morgan fingerprint density at radius 3 is 2.72 bits per heavy atom. The van der Waals surface area contributed by atoms with Gasteiger partial charge >= 0.3 is 0 Å². The fourth-order valence-electron chi connectivity index (χ4n) is 3.56. The molecule has 0 spiro atoms. The van der Waals surface area contributed by atoms with Crippen LogP contribution in [0.1, 0.15) is 27.2 Å². The van der Waals surface area contributed by atoms with Crippen molar-refractivity contribution in [2.24, 2.45) is 0 Å². The second kappa shape index (κ2) is 7.58. The summed E-state index contributed by atoms with van der Waals surface area (Å²) in [6.45, 7) is 2.71. The maximum absolute atomic E-state index is 13.7. The van der Waals surface area contributed by atoms with Crippen molar-refractivity contribution >= 4 is 11.7 Å². The highest BCUT2D eigenvalue weighted by atomic mass is 19.1. The molecule has 0 radical (unpaired) electrons. The molecule has 7 heteroatoms. The summed E-state index contributed by atoms with van der Waals surface area (Å²) in [7, 11) is 3.89. The monoisotopic (exact) mass is 391 g/mol. The number of rotatable bonds is 3. The molecule has 3 heterocycles. The Labute approximate surface area is 169 Å². The van der Waals surface area contributed by atoms with Crippen molar-refractivity contribution in [1.29, 1.82) is 0 Å². The van der Waals surface area contributed by atoms with Crippen molar-refractivity contribution < 1.29 is 9.18 Å². The Kier molecular flexibility index (Phi) is 4.96. The number of benzene rings is 1. The summed E-state index contributed by atoms with van der Waals surface area (Å²) in [5.74, 6) is 0.775. The molecule has 29 heavy (non-hydrogen) atoms. The highest BCUT2D eigenvalue weighted by Gasteiger charge is 2.27. The van der Waals surface area contributed by atoms with Gasteiger partial charge in [0.25, 0.3) is 5.91 Å². The lowest BCUT2D eigenvalue weighted by Gasteiger charge is -2.31. The fraction of sp³-hybridized carbons (Fsp3) is 0.273. The van der Waals surface area contributed by atoms with Gasteiger partial charge in [-0.2, -0.15) is 0 Å². The minimum absolute atomic E-state index is 0.183. The third-order valence-corrected chi connectivity index (χ3v) is 5.08. The average Bonchev–Trinajstić information content (AvgIpc) is 2.74. The lowest BCUT2D eigenvalue weighted by molar-refractivity contribution is 0.0730. The third-order valence-electron chi connectivity index (χ3n) is 5.08. The molecule has 1 amide bonds. The van der Waals surface area contributed by atoms with Crippen LogP contribution < -0.4 is 4.90 Å². The van der Waals surface area contributed by atoms with Crippen LogP contribution in [0.15, 0.2) is 42.6 Å². The number of hydrogen-bond donors (Lipinski definition) is 0. The SMILES string of the molecule is Cc1ccc(F)cc1C(=O)N1CCc2c(nc(-c3ccccn3)nc2N(C)C)C1. The van der Waals surface area contributed by atoms with Crippen molar-refractivity contribution in [3.63, 3.8) is 0 Å². The van der Waals surface area contributed by atoms with Gasteiger partial charge in [0.1, 0.15) is 17.3 Å². The van der Waals surface area contributed by atoms with Crippen LogP contribution in [0, 0.1) is 12.7 Å². The minimum Gasteiger partial charge on any atom is -0.362 e. The number of carbonyl (C=O) groups is 1. The molecule has 4 rings (SSSR count). The summed E-state index contributed by atoms with van der Waals surface area (Å²) in [6.07, 6.45) is 2.35. The van der Waals surface area contributed by atoms with Gasteiger partial charge in [0.2, 0.25) is 0 Å². The maximum Gasteiger partial charge on any atom is 0.254 e. The van der Waals surface area contributed by atoms with Gasteiger partial charge in [-0.1, -0.05) is 12.1 Å². The van der Waals surface area contributed by atoms with Gasteiger partial charge in [-0.15, -0.1) is 0 Å². The summed E-state index contributed by atoms with van der Waals surface area (Å²) < 4.78 is 13.7. The van der Waals surface area contributed by atoms with Gasteiger partial charge in [-0.3, -0.25) is 9.78 Å². The van der Waals surface area contributed by atoms with Gasteiger partial charge < -0.3 is 9.80 Å². The fourth-order valence-corrected chi connectivity index (χ4v) is 3.56. The average molecular weight is 391 g/mol. The van der Waals surface area contributed by atoms with E-state index in [9.17, 15) is 9.18 Å². The Morgan fingerprint density at radius 2 is 2.00 bits per heavy atom.